The maximum Gasteiger partial charge on any atom is 0.410 e. The van der Waals surface area contributed by atoms with E-state index in [-0.39, 0.29) is 18.5 Å². The molecule has 0 saturated carbocycles. The zero-order chi connectivity index (χ0) is 16.5. The second-order valence-corrected chi connectivity index (χ2v) is 6.35. The van der Waals surface area contributed by atoms with Crippen LogP contribution < -0.4 is 0 Å². The molecule has 0 radical (unpaired) electrons. The number of ether oxygens (including phenoxy) is 1. The summed E-state index contributed by atoms with van der Waals surface area (Å²) in [5.41, 5.74) is 0.0465. The van der Waals surface area contributed by atoms with E-state index in [1.54, 1.807) is 32.9 Å². The van der Waals surface area contributed by atoms with Crippen molar-refractivity contribution in [3.05, 3.63) is 35.4 Å². The fraction of sp³-hybridized carbons (Fsp3) is 0.500. The topological polar surface area (TPSA) is 66.8 Å². The van der Waals surface area contributed by atoms with Crippen LogP contribution in [0.3, 0.4) is 0 Å². The van der Waals surface area contributed by atoms with Crippen molar-refractivity contribution in [1.82, 2.24) is 4.90 Å². The van der Waals surface area contributed by atoms with E-state index < -0.39 is 29.9 Å². The number of benzene rings is 1. The highest BCUT2D eigenvalue weighted by Gasteiger charge is 2.40. The third-order valence-electron chi connectivity index (χ3n) is 3.45. The van der Waals surface area contributed by atoms with Crippen molar-refractivity contribution in [2.24, 2.45) is 0 Å². The quantitative estimate of drug-likeness (QED) is 0.909. The second kappa shape index (κ2) is 5.94. The highest BCUT2D eigenvalue weighted by Crippen LogP contribution is 2.35. The smallest absolute Gasteiger partial charge is 0.410 e. The van der Waals surface area contributed by atoms with Crippen LogP contribution in [0.1, 0.15) is 49.2 Å². The van der Waals surface area contributed by atoms with Gasteiger partial charge >= 0.3 is 12.1 Å². The molecular weight excluding hydrogens is 289 g/mol. The Morgan fingerprint density at radius 2 is 1.86 bits per heavy atom. The average Bonchev–Trinajstić information content (AvgIpc) is 2.79. The Hall–Kier alpha value is -2.11. The van der Waals surface area contributed by atoms with Crippen LogP contribution in [0.4, 0.5) is 9.18 Å². The molecule has 0 bridgehead atoms. The van der Waals surface area contributed by atoms with Crippen LogP contribution in [0.2, 0.25) is 0 Å². The maximum absolute atomic E-state index is 14.2. The summed E-state index contributed by atoms with van der Waals surface area (Å²) in [4.78, 5) is 24.4. The minimum atomic E-state index is -1.19. The average molecular weight is 309 g/mol. The molecule has 0 aromatic heterocycles. The molecule has 1 aliphatic rings. The number of nitrogens with zero attached hydrogens (tertiary/aromatic N) is 1. The van der Waals surface area contributed by atoms with Gasteiger partial charge in [0.25, 0.3) is 0 Å². The lowest BCUT2D eigenvalue weighted by atomic mass is 10.0. The number of alkyl halides is 1. The van der Waals surface area contributed by atoms with Gasteiger partial charge in [-0.2, -0.15) is 0 Å². The number of amides is 1. The van der Waals surface area contributed by atoms with Crippen LogP contribution in [0.15, 0.2) is 24.3 Å². The Kier molecular flexibility index (Phi) is 4.39. The number of rotatable bonds is 2. The van der Waals surface area contributed by atoms with Gasteiger partial charge in [-0.1, -0.05) is 12.1 Å². The van der Waals surface area contributed by atoms with Gasteiger partial charge in [0.1, 0.15) is 11.8 Å². The predicted octanol–water partition coefficient (Wildman–Crippen LogP) is 3.40. The number of hydrogen-bond acceptors (Lipinski definition) is 3. The predicted molar refractivity (Wildman–Crippen MR) is 78.6 cm³/mol. The Morgan fingerprint density at radius 3 is 2.36 bits per heavy atom. The summed E-state index contributed by atoms with van der Waals surface area (Å²) in [5.74, 6) is -1.04. The van der Waals surface area contributed by atoms with Crippen molar-refractivity contribution >= 4 is 12.1 Å². The second-order valence-electron chi connectivity index (χ2n) is 6.35. The first kappa shape index (κ1) is 16.3. The first-order valence-electron chi connectivity index (χ1n) is 7.16. The van der Waals surface area contributed by atoms with Gasteiger partial charge in [-0.3, -0.25) is 4.90 Å². The number of carboxylic acids is 1. The third kappa shape index (κ3) is 3.55. The molecule has 1 aliphatic heterocycles. The van der Waals surface area contributed by atoms with E-state index in [4.69, 9.17) is 9.84 Å². The lowest BCUT2D eigenvalue weighted by Gasteiger charge is -2.29. The van der Waals surface area contributed by atoms with Crippen molar-refractivity contribution in [3.63, 3.8) is 0 Å². The minimum Gasteiger partial charge on any atom is -0.478 e. The van der Waals surface area contributed by atoms with Gasteiger partial charge in [-0.05, 0) is 44.9 Å². The lowest BCUT2D eigenvalue weighted by Crippen LogP contribution is -2.37. The number of hydrogen-bond donors (Lipinski definition) is 1. The van der Waals surface area contributed by atoms with E-state index >= 15 is 0 Å². The summed E-state index contributed by atoms with van der Waals surface area (Å²) < 4.78 is 19.5. The molecule has 0 aliphatic carbocycles. The monoisotopic (exact) mass is 309 g/mol. The Labute approximate surface area is 128 Å². The molecule has 2 atom stereocenters. The van der Waals surface area contributed by atoms with E-state index in [1.807, 2.05) is 0 Å². The molecule has 1 amide bonds. The molecule has 1 N–H and O–H groups in total. The van der Waals surface area contributed by atoms with Crippen LogP contribution in [0, 0.1) is 0 Å². The molecule has 1 heterocycles. The largest absolute Gasteiger partial charge is 0.478 e. The van der Waals surface area contributed by atoms with E-state index in [2.05, 4.69) is 0 Å². The Balaban J connectivity index is 2.22. The van der Waals surface area contributed by atoms with Crippen LogP contribution in [-0.2, 0) is 4.74 Å². The number of halogens is 1. The highest BCUT2D eigenvalue weighted by atomic mass is 19.1. The number of likely N-dealkylation sites (tertiary alicyclic amines) is 1. The molecule has 1 saturated heterocycles. The van der Waals surface area contributed by atoms with Gasteiger partial charge in [0.15, 0.2) is 0 Å². The van der Waals surface area contributed by atoms with Gasteiger partial charge in [0, 0.05) is 6.54 Å². The zero-order valence-electron chi connectivity index (χ0n) is 12.9. The standard InChI is InChI=1S/C16H20FNO4/c1-16(2,3)22-15(21)18-9-8-12(17)13(18)10-4-6-11(7-5-10)14(19)20/h4-7,12-13H,8-9H2,1-3H3,(H,19,20). The third-order valence-corrected chi connectivity index (χ3v) is 3.45. The molecule has 2 unspecified atom stereocenters. The van der Waals surface area contributed by atoms with Gasteiger partial charge in [0.2, 0.25) is 0 Å². The van der Waals surface area contributed by atoms with Crippen LogP contribution in [0.25, 0.3) is 0 Å². The minimum absolute atomic E-state index is 0.126. The maximum atomic E-state index is 14.2. The molecule has 6 heteroatoms. The van der Waals surface area contributed by atoms with Crippen LogP contribution in [0.5, 0.6) is 0 Å². The number of aromatic carboxylic acids is 1. The molecule has 120 valence electrons. The zero-order valence-corrected chi connectivity index (χ0v) is 12.9. The van der Waals surface area contributed by atoms with Gasteiger partial charge in [0.05, 0.1) is 11.6 Å². The normalized spacial score (nSPS) is 21.7. The summed E-state index contributed by atoms with van der Waals surface area (Å²) in [7, 11) is 0. The van der Waals surface area contributed by atoms with Crippen LogP contribution in [-0.4, -0.2) is 40.4 Å². The van der Waals surface area contributed by atoms with E-state index in [1.165, 1.54) is 17.0 Å². The Morgan fingerprint density at radius 1 is 1.27 bits per heavy atom. The molecule has 22 heavy (non-hydrogen) atoms. The van der Waals surface area contributed by atoms with Crippen molar-refractivity contribution in [1.29, 1.82) is 0 Å². The number of carboxylic acid groups (broad SMARTS) is 1. The van der Waals surface area contributed by atoms with E-state index in [9.17, 15) is 14.0 Å². The highest BCUT2D eigenvalue weighted by molar-refractivity contribution is 5.87. The molecule has 1 fully saturated rings. The number of carbonyl (C=O) groups is 2. The van der Waals surface area contributed by atoms with E-state index in [0.29, 0.717) is 5.56 Å². The summed E-state index contributed by atoms with van der Waals surface area (Å²) >= 11 is 0. The number of carbonyl (C=O) groups excluding carboxylic acids is 1. The molecule has 1 aromatic rings. The summed E-state index contributed by atoms with van der Waals surface area (Å²) in [6.07, 6.45) is -1.51. The van der Waals surface area contributed by atoms with E-state index in [0.717, 1.165) is 0 Å². The summed E-state index contributed by atoms with van der Waals surface area (Å²) in [5, 5.41) is 8.90. The fourth-order valence-corrected chi connectivity index (χ4v) is 2.49. The van der Waals surface area contributed by atoms with Gasteiger partial charge in [-0.15, -0.1) is 0 Å². The van der Waals surface area contributed by atoms with Gasteiger partial charge in [-0.25, -0.2) is 14.0 Å². The van der Waals surface area contributed by atoms with Crippen LogP contribution >= 0.6 is 0 Å². The SMILES string of the molecule is CC(C)(C)OC(=O)N1CCC(F)C1c1ccc(C(=O)O)cc1. The first-order chi connectivity index (χ1) is 10.2. The molecular formula is C16H20FNO4. The Bertz CT molecular complexity index is 565. The van der Waals surface area contributed by atoms with Crippen molar-refractivity contribution in [2.75, 3.05) is 6.54 Å². The molecule has 5 nitrogen and oxygen atoms in total. The molecule has 0 spiro atoms. The lowest BCUT2D eigenvalue weighted by molar-refractivity contribution is 0.0193. The van der Waals surface area contributed by atoms with Crippen molar-refractivity contribution < 1.29 is 23.8 Å². The molecule has 2 rings (SSSR count). The first-order valence-corrected chi connectivity index (χ1v) is 7.16. The van der Waals surface area contributed by atoms with Gasteiger partial charge < -0.3 is 9.84 Å². The molecule has 1 aromatic carbocycles. The fourth-order valence-electron chi connectivity index (χ4n) is 2.49. The summed E-state index contributed by atoms with van der Waals surface area (Å²) in [6.45, 7) is 5.54. The summed E-state index contributed by atoms with van der Waals surface area (Å²) in [6, 6.07) is 5.18. The van der Waals surface area contributed by atoms with Crippen molar-refractivity contribution in [2.45, 2.75) is 45.0 Å². The van der Waals surface area contributed by atoms with Crippen molar-refractivity contribution in [3.8, 4) is 0 Å².